The lowest BCUT2D eigenvalue weighted by molar-refractivity contribution is -0.0506. The van der Waals surface area contributed by atoms with Crippen molar-refractivity contribution in [3.63, 3.8) is 0 Å². The summed E-state index contributed by atoms with van der Waals surface area (Å²) in [5, 5.41) is 2.58. The van der Waals surface area contributed by atoms with Gasteiger partial charge in [0.2, 0.25) is 0 Å². The van der Waals surface area contributed by atoms with Gasteiger partial charge >= 0.3 is 6.61 Å². The Morgan fingerprint density at radius 1 is 1.30 bits per heavy atom. The molecule has 0 spiro atoms. The van der Waals surface area contributed by atoms with Crippen molar-refractivity contribution in [3.05, 3.63) is 28.8 Å². The Morgan fingerprint density at radius 3 is 2.65 bits per heavy atom. The van der Waals surface area contributed by atoms with Gasteiger partial charge in [-0.3, -0.25) is 5.43 Å². The highest BCUT2D eigenvalue weighted by atomic mass is 35.5. The number of likely N-dealkylation sites (N-methyl/N-ethyl adjacent to an activating group) is 1. The zero-order chi connectivity index (χ0) is 14.5. The van der Waals surface area contributed by atoms with E-state index in [1.54, 1.807) is 12.1 Å². The third-order valence-corrected chi connectivity index (χ3v) is 3.47. The van der Waals surface area contributed by atoms with Gasteiger partial charge < -0.3 is 9.64 Å². The van der Waals surface area contributed by atoms with Crippen molar-refractivity contribution in [2.75, 3.05) is 33.2 Å². The summed E-state index contributed by atoms with van der Waals surface area (Å²) in [7, 11) is 2.07. The van der Waals surface area contributed by atoms with Crippen molar-refractivity contribution in [2.24, 2.45) is 0 Å². The first-order valence-electron chi connectivity index (χ1n) is 6.45. The lowest BCUT2D eigenvalue weighted by atomic mass is 10.2. The molecule has 0 unspecified atom stereocenters. The maximum atomic E-state index is 12.3. The van der Waals surface area contributed by atoms with Gasteiger partial charge in [-0.15, -0.1) is 0 Å². The molecule has 1 aliphatic rings. The molecule has 20 heavy (non-hydrogen) atoms. The molecule has 1 aromatic carbocycles. The number of hydrogen-bond donors (Lipinski definition) is 1. The monoisotopic (exact) mass is 305 g/mol. The predicted molar refractivity (Wildman–Crippen MR) is 74.0 cm³/mol. The number of piperazine rings is 1. The number of hydrazine groups is 1. The molecule has 1 saturated heterocycles. The van der Waals surface area contributed by atoms with Crippen LogP contribution in [0.2, 0.25) is 5.02 Å². The Kier molecular flexibility index (Phi) is 5.54. The first-order chi connectivity index (χ1) is 9.54. The number of nitrogens with one attached hydrogen (secondary N) is 1. The van der Waals surface area contributed by atoms with Crippen molar-refractivity contribution in [2.45, 2.75) is 13.2 Å². The first kappa shape index (κ1) is 15.4. The van der Waals surface area contributed by atoms with E-state index < -0.39 is 6.61 Å². The zero-order valence-corrected chi connectivity index (χ0v) is 12.0. The summed E-state index contributed by atoms with van der Waals surface area (Å²) < 4.78 is 29.2. The van der Waals surface area contributed by atoms with E-state index in [0.717, 1.165) is 26.2 Å². The van der Waals surface area contributed by atoms with Crippen LogP contribution >= 0.6 is 11.6 Å². The minimum atomic E-state index is -2.83. The predicted octanol–water partition coefficient (Wildman–Crippen LogP) is 2.19. The molecule has 7 heteroatoms. The van der Waals surface area contributed by atoms with Crippen LogP contribution < -0.4 is 10.2 Å². The van der Waals surface area contributed by atoms with Gasteiger partial charge in [-0.05, 0) is 25.2 Å². The number of nitrogens with zero attached hydrogens (tertiary/aromatic N) is 2. The molecule has 112 valence electrons. The van der Waals surface area contributed by atoms with E-state index in [2.05, 4.69) is 27.1 Å². The lowest BCUT2D eigenvalue weighted by Crippen LogP contribution is -2.50. The van der Waals surface area contributed by atoms with Gasteiger partial charge in [0.05, 0.1) is 0 Å². The van der Waals surface area contributed by atoms with E-state index in [1.165, 1.54) is 6.07 Å². The molecule has 2 rings (SSSR count). The van der Waals surface area contributed by atoms with Crippen LogP contribution in [0.4, 0.5) is 8.78 Å². The van der Waals surface area contributed by atoms with Gasteiger partial charge in [0.15, 0.2) is 0 Å². The number of halogens is 3. The summed E-state index contributed by atoms with van der Waals surface area (Å²) in [6.07, 6.45) is 0. The Labute approximate surface area is 122 Å². The Hall–Kier alpha value is -0.950. The normalized spacial score (nSPS) is 17.6. The summed E-state index contributed by atoms with van der Waals surface area (Å²) in [5.41, 5.74) is 3.84. The summed E-state index contributed by atoms with van der Waals surface area (Å²) >= 11 is 5.90. The van der Waals surface area contributed by atoms with Crippen LogP contribution in [-0.2, 0) is 6.54 Å². The maximum Gasteiger partial charge on any atom is 0.387 e. The van der Waals surface area contributed by atoms with Crippen molar-refractivity contribution < 1.29 is 13.5 Å². The minimum absolute atomic E-state index is 0.158. The van der Waals surface area contributed by atoms with Crippen LogP contribution in [-0.4, -0.2) is 49.7 Å². The Bertz CT molecular complexity index is 440. The van der Waals surface area contributed by atoms with E-state index >= 15 is 0 Å². The number of alkyl halides is 2. The van der Waals surface area contributed by atoms with E-state index in [-0.39, 0.29) is 5.75 Å². The van der Waals surface area contributed by atoms with E-state index in [1.807, 2.05) is 0 Å². The standard InChI is InChI=1S/C13H18ClF2N3O/c1-18-4-6-19(7-5-18)17-9-10-8-11(14)2-3-12(10)20-13(15)16/h2-3,8,13,17H,4-7,9H2,1H3. The largest absolute Gasteiger partial charge is 0.434 e. The quantitative estimate of drug-likeness (QED) is 0.902. The van der Waals surface area contributed by atoms with Crippen LogP contribution in [0.3, 0.4) is 0 Å². The molecule has 1 aliphatic heterocycles. The molecule has 0 radical (unpaired) electrons. The van der Waals surface area contributed by atoms with Gasteiger partial charge in [0.1, 0.15) is 5.75 Å². The van der Waals surface area contributed by atoms with Gasteiger partial charge in [-0.2, -0.15) is 8.78 Å². The average molecular weight is 306 g/mol. The van der Waals surface area contributed by atoms with Crippen molar-refractivity contribution in [3.8, 4) is 5.75 Å². The third-order valence-electron chi connectivity index (χ3n) is 3.23. The fourth-order valence-electron chi connectivity index (χ4n) is 2.06. The number of benzene rings is 1. The van der Waals surface area contributed by atoms with Gasteiger partial charge in [-0.25, -0.2) is 5.01 Å². The smallest absolute Gasteiger partial charge is 0.387 e. The fraction of sp³-hybridized carbons (Fsp3) is 0.538. The van der Waals surface area contributed by atoms with Gasteiger partial charge in [0.25, 0.3) is 0 Å². The summed E-state index contributed by atoms with van der Waals surface area (Å²) in [6, 6.07) is 4.65. The fourth-order valence-corrected chi connectivity index (χ4v) is 2.25. The van der Waals surface area contributed by atoms with Gasteiger partial charge in [-0.1, -0.05) is 11.6 Å². The van der Waals surface area contributed by atoms with Crippen molar-refractivity contribution in [1.29, 1.82) is 0 Å². The Balaban J connectivity index is 1.95. The molecule has 0 aliphatic carbocycles. The summed E-state index contributed by atoms with van der Waals surface area (Å²) in [6.45, 7) is 1.31. The second-order valence-electron chi connectivity index (χ2n) is 4.76. The third kappa shape index (κ3) is 4.56. The van der Waals surface area contributed by atoms with E-state index in [4.69, 9.17) is 11.6 Å². The summed E-state index contributed by atoms with van der Waals surface area (Å²) in [5.74, 6) is 0.158. The number of hydrogen-bond acceptors (Lipinski definition) is 4. The number of ether oxygens (including phenoxy) is 1. The molecular formula is C13H18ClF2N3O. The van der Waals surface area contributed by atoms with Crippen LogP contribution in [0.1, 0.15) is 5.56 Å². The molecule has 1 heterocycles. The number of rotatable bonds is 5. The van der Waals surface area contributed by atoms with Crippen molar-refractivity contribution in [1.82, 2.24) is 15.3 Å². The highest BCUT2D eigenvalue weighted by molar-refractivity contribution is 6.30. The molecule has 0 atom stereocenters. The molecule has 0 amide bonds. The molecule has 1 aromatic rings. The first-order valence-corrected chi connectivity index (χ1v) is 6.82. The lowest BCUT2D eigenvalue weighted by Gasteiger charge is -2.32. The van der Waals surface area contributed by atoms with Crippen LogP contribution in [0.15, 0.2) is 18.2 Å². The molecule has 0 bridgehead atoms. The average Bonchev–Trinajstić information content (AvgIpc) is 2.40. The summed E-state index contributed by atoms with van der Waals surface area (Å²) in [4.78, 5) is 2.24. The second kappa shape index (κ2) is 7.17. The molecule has 1 N–H and O–H groups in total. The molecule has 0 saturated carbocycles. The second-order valence-corrected chi connectivity index (χ2v) is 5.19. The molecule has 1 fully saturated rings. The highest BCUT2D eigenvalue weighted by Crippen LogP contribution is 2.24. The topological polar surface area (TPSA) is 27.7 Å². The van der Waals surface area contributed by atoms with Crippen LogP contribution in [0.5, 0.6) is 5.75 Å². The van der Waals surface area contributed by atoms with E-state index in [9.17, 15) is 8.78 Å². The van der Waals surface area contributed by atoms with Crippen LogP contribution in [0.25, 0.3) is 0 Å². The van der Waals surface area contributed by atoms with Crippen LogP contribution in [0, 0.1) is 0 Å². The Morgan fingerprint density at radius 2 is 2.00 bits per heavy atom. The SMILES string of the molecule is CN1CCN(NCc2cc(Cl)ccc2OC(F)F)CC1. The molecular weight excluding hydrogens is 288 g/mol. The molecule has 0 aromatic heterocycles. The van der Waals surface area contributed by atoms with Gasteiger partial charge in [0, 0.05) is 43.3 Å². The molecule has 4 nitrogen and oxygen atoms in total. The van der Waals surface area contributed by atoms with Crippen molar-refractivity contribution >= 4 is 11.6 Å². The highest BCUT2D eigenvalue weighted by Gasteiger charge is 2.15. The van der Waals surface area contributed by atoms with E-state index in [0.29, 0.717) is 17.1 Å². The zero-order valence-electron chi connectivity index (χ0n) is 11.3. The maximum absolute atomic E-state index is 12.3. The minimum Gasteiger partial charge on any atom is -0.434 e.